The van der Waals surface area contributed by atoms with Crippen LogP contribution in [0.15, 0.2) is 65.3 Å². The van der Waals surface area contributed by atoms with Gasteiger partial charge in [-0.3, -0.25) is 4.98 Å². The van der Waals surface area contributed by atoms with Gasteiger partial charge < -0.3 is 14.2 Å². The summed E-state index contributed by atoms with van der Waals surface area (Å²) in [6.07, 6.45) is 3.52. The zero-order valence-electron chi connectivity index (χ0n) is 21.9. The fourth-order valence-electron chi connectivity index (χ4n) is 6.27. The highest BCUT2D eigenvalue weighted by Gasteiger charge is 2.45. The van der Waals surface area contributed by atoms with Crippen molar-refractivity contribution in [2.75, 3.05) is 18.0 Å². The SMILES string of the molecule is FC(F)Oc1ccnc2ccc(N3CCC4(C=C(c5c(-c6ccccc6C(F)(F)F)noc5C5CC5)C4)CC3)cc12. The van der Waals surface area contributed by atoms with Crippen LogP contribution in [0.2, 0.25) is 0 Å². The third-order valence-corrected chi connectivity index (χ3v) is 8.52. The Kier molecular flexibility index (Phi) is 6.06. The molecule has 1 saturated carbocycles. The Balaban J connectivity index is 1.14. The Morgan fingerprint density at radius 2 is 1.78 bits per heavy atom. The molecule has 3 aliphatic rings. The molecule has 0 bridgehead atoms. The summed E-state index contributed by atoms with van der Waals surface area (Å²) in [6, 6.07) is 12.5. The van der Waals surface area contributed by atoms with Gasteiger partial charge in [0.2, 0.25) is 0 Å². The zero-order chi connectivity index (χ0) is 28.4. The summed E-state index contributed by atoms with van der Waals surface area (Å²) in [7, 11) is 0. The van der Waals surface area contributed by atoms with E-state index >= 15 is 0 Å². The van der Waals surface area contributed by atoms with Gasteiger partial charge in [0.15, 0.2) is 0 Å². The lowest BCUT2D eigenvalue weighted by Crippen LogP contribution is -2.42. The summed E-state index contributed by atoms with van der Waals surface area (Å²) >= 11 is 0. The van der Waals surface area contributed by atoms with E-state index in [9.17, 15) is 22.0 Å². The van der Waals surface area contributed by atoms with Gasteiger partial charge in [0, 0.05) is 47.4 Å². The summed E-state index contributed by atoms with van der Waals surface area (Å²) in [4.78, 5) is 6.48. The molecule has 2 aromatic heterocycles. The number of fused-ring (bicyclic) bond motifs is 1. The molecule has 10 heteroatoms. The Morgan fingerprint density at radius 1 is 1.02 bits per heavy atom. The van der Waals surface area contributed by atoms with Gasteiger partial charge in [-0.2, -0.15) is 22.0 Å². The second-order valence-corrected chi connectivity index (χ2v) is 11.2. The minimum Gasteiger partial charge on any atom is -0.434 e. The molecule has 3 heterocycles. The van der Waals surface area contributed by atoms with Gasteiger partial charge in [-0.1, -0.05) is 29.4 Å². The summed E-state index contributed by atoms with van der Waals surface area (Å²) in [5, 5.41) is 4.70. The van der Waals surface area contributed by atoms with Crippen molar-refractivity contribution in [3.05, 3.63) is 77.7 Å². The summed E-state index contributed by atoms with van der Waals surface area (Å²) in [5.74, 6) is 0.988. The molecule has 41 heavy (non-hydrogen) atoms. The lowest BCUT2D eigenvalue weighted by atomic mass is 9.63. The average molecular weight is 568 g/mol. The van der Waals surface area contributed by atoms with Crippen LogP contribution in [0.4, 0.5) is 27.6 Å². The number of allylic oxidation sites excluding steroid dienone is 2. The number of ether oxygens (including phenoxy) is 1. The molecule has 4 aromatic rings. The molecule has 7 rings (SSSR count). The third-order valence-electron chi connectivity index (χ3n) is 8.52. The first-order valence-corrected chi connectivity index (χ1v) is 13.7. The van der Waals surface area contributed by atoms with Crippen molar-refractivity contribution in [3.63, 3.8) is 0 Å². The molecular formula is C31H26F5N3O2. The topological polar surface area (TPSA) is 51.4 Å². The summed E-state index contributed by atoms with van der Waals surface area (Å²) < 4.78 is 77.8. The number of anilines is 1. The van der Waals surface area contributed by atoms with Crippen LogP contribution in [0.3, 0.4) is 0 Å². The first kappa shape index (κ1) is 26.0. The van der Waals surface area contributed by atoms with Crippen LogP contribution in [0.25, 0.3) is 27.7 Å². The van der Waals surface area contributed by atoms with Crippen LogP contribution in [0, 0.1) is 5.41 Å². The fraction of sp³-hybridized carbons (Fsp3) is 0.355. The van der Waals surface area contributed by atoms with Crippen molar-refractivity contribution in [1.82, 2.24) is 10.1 Å². The van der Waals surface area contributed by atoms with Crippen molar-refractivity contribution >= 4 is 22.2 Å². The maximum Gasteiger partial charge on any atom is 0.417 e. The molecule has 0 N–H and O–H groups in total. The van der Waals surface area contributed by atoms with Crippen LogP contribution in [-0.4, -0.2) is 29.8 Å². The largest absolute Gasteiger partial charge is 0.434 e. The van der Waals surface area contributed by atoms with Crippen molar-refractivity contribution in [1.29, 1.82) is 0 Å². The number of aromatic nitrogens is 2. The number of alkyl halides is 5. The van der Waals surface area contributed by atoms with E-state index in [1.54, 1.807) is 12.1 Å². The maximum atomic E-state index is 13.8. The highest BCUT2D eigenvalue weighted by Crippen LogP contribution is 2.56. The maximum absolute atomic E-state index is 13.8. The van der Waals surface area contributed by atoms with Gasteiger partial charge in [0.1, 0.15) is 17.2 Å². The lowest BCUT2D eigenvalue weighted by Gasteiger charge is -2.47. The van der Waals surface area contributed by atoms with E-state index in [0.717, 1.165) is 68.1 Å². The van der Waals surface area contributed by atoms with Gasteiger partial charge >= 0.3 is 12.8 Å². The molecule has 1 spiro atoms. The van der Waals surface area contributed by atoms with Crippen molar-refractivity contribution in [2.45, 2.75) is 50.8 Å². The Hall–Kier alpha value is -3.95. The van der Waals surface area contributed by atoms with Gasteiger partial charge in [0.05, 0.1) is 11.1 Å². The molecule has 0 unspecified atom stereocenters. The molecule has 1 saturated heterocycles. The van der Waals surface area contributed by atoms with Crippen LogP contribution < -0.4 is 9.64 Å². The smallest absolute Gasteiger partial charge is 0.417 e. The van der Waals surface area contributed by atoms with Crippen molar-refractivity contribution in [2.24, 2.45) is 5.41 Å². The highest BCUT2D eigenvalue weighted by atomic mass is 19.4. The molecule has 2 fully saturated rings. The number of nitrogens with zero attached hydrogens (tertiary/aromatic N) is 3. The van der Waals surface area contributed by atoms with Crippen molar-refractivity contribution in [3.8, 4) is 17.0 Å². The average Bonchev–Trinajstić information content (AvgIpc) is 3.69. The minimum absolute atomic E-state index is 0.0447. The molecule has 2 aromatic carbocycles. The molecule has 0 amide bonds. The molecule has 0 radical (unpaired) electrons. The predicted octanol–water partition coefficient (Wildman–Crippen LogP) is 8.46. The Bertz CT molecular complexity index is 1650. The number of hydrogen-bond acceptors (Lipinski definition) is 5. The standard InChI is InChI=1S/C31H26F5N3O2/c32-29(33)40-25-9-12-37-24-8-7-20(15-22(24)25)39-13-10-30(11-14-39)16-19(17-30)26-27(38-41-28(26)18-5-6-18)21-3-1-2-4-23(21)31(34,35)36/h1-4,7-9,12,15-16,18,29H,5-6,10-11,13-14,17H2. The van der Waals surface area contributed by atoms with Crippen LogP contribution >= 0.6 is 0 Å². The first-order valence-electron chi connectivity index (χ1n) is 13.7. The Morgan fingerprint density at radius 3 is 2.49 bits per heavy atom. The van der Waals surface area contributed by atoms with Crippen molar-refractivity contribution < 1.29 is 31.2 Å². The second kappa shape index (κ2) is 9.56. The van der Waals surface area contributed by atoms with E-state index in [1.165, 1.54) is 24.4 Å². The van der Waals surface area contributed by atoms with Crippen LogP contribution in [-0.2, 0) is 6.18 Å². The van der Waals surface area contributed by atoms with Crippen LogP contribution in [0.5, 0.6) is 5.75 Å². The van der Waals surface area contributed by atoms with E-state index in [2.05, 4.69) is 21.1 Å². The summed E-state index contributed by atoms with van der Waals surface area (Å²) in [5.41, 5.74) is 2.76. The van der Waals surface area contributed by atoms with E-state index in [4.69, 9.17) is 9.26 Å². The molecule has 0 atom stereocenters. The second-order valence-electron chi connectivity index (χ2n) is 11.2. The van der Waals surface area contributed by atoms with E-state index in [-0.39, 0.29) is 28.3 Å². The molecule has 1 aliphatic heterocycles. The number of pyridine rings is 1. The number of benzene rings is 2. The van der Waals surface area contributed by atoms with Gasteiger partial charge in [-0.25, -0.2) is 0 Å². The number of piperidine rings is 1. The van der Waals surface area contributed by atoms with Gasteiger partial charge in [-0.15, -0.1) is 0 Å². The molecule has 212 valence electrons. The van der Waals surface area contributed by atoms with Gasteiger partial charge in [-0.05, 0) is 73.4 Å². The number of rotatable bonds is 6. The summed E-state index contributed by atoms with van der Waals surface area (Å²) in [6.45, 7) is -1.42. The quantitative estimate of drug-likeness (QED) is 0.219. The van der Waals surface area contributed by atoms with E-state index < -0.39 is 18.4 Å². The minimum atomic E-state index is -4.50. The number of hydrogen-bond donors (Lipinski definition) is 0. The molecule has 5 nitrogen and oxygen atoms in total. The monoisotopic (exact) mass is 567 g/mol. The molecule has 2 aliphatic carbocycles. The Labute approximate surface area is 232 Å². The van der Waals surface area contributed by atoms with Crippen LogP contribution in [0.1, 0.15) is 54.9 Å². The normalized spacial score (nSPS) is 18.6. The van der Waals surface area contributed by atoms with Gasteiger partial charge in [0.25, 0.3) is 0 Å². The van der Waals surface area contributed by atoms with E-state index in [1.807, 2.05) is 12.1 Å². The first-order chi connectivity index (χ1) is 19.7. The predicted molar refractivity (Wildman–Crippen MR) is 144 cm³/mol. The third kappa shape index (κ3) is 4.73. The van der Waals surface area contributed by atoms with E-state index in [0.29, 0.717) is 16.7 Å². The number of halogens is 5. The highest BCUT2D eigenvalue weighted by molar-refractivity contribution is 5.88. The lowest BCUT2D eigenvalue weighted by molar-refractivity contribution is -0.137. The zero-order valence-corrected chi connectivity index (χ0v) is 21.9. The fourth-order valence-corrected chi connectivity index (χ4v) is 6.27. The molecular weight excluding hydrogens is 541 g/mol.